The minimum atomic E-state index is -0.251. The second-order valence-corrected chi connectivity index (χ2v) is 7.18. The van der Waals surface area contributed by atoms with Crippen LogP contribution in [0.5, 0.6) is 0 Å². The Kier molecular flexibility index (Phi) is 6.69. The van der Waals surface area contributed by atoms with E-state index in [-0.39, 0.29) is 28.4 Å². The van der Waals surface area contributed by atoms with Gasteiger partial charge >= 0.3 is 0 Å². The lowest BCUT2D eigenvalue weighted by Gasteiger charge is -2.28. The van der Waals surface area contributed by atoms with Crippen LogP contribution in [0.4, 0.5) is 5.69 Å². The molecule has 0 atom stereocenters. The summed E-state index contributed by atoms with van der Waals surface area (Å²) < 4.78 is 4.96. The summed E-state index contributed by atoms with van der Waals surface area (Å²) in [7, 11) is 1.61. The number of para-hydroxylation sites is 1. The maximum Gasteiger partial charge on any atom is 0.253 e. The first-order chi connectivity index (χ1) is 12.3. The first kappa shape index (κ1) is 19.8. The van der Waals surface area contributed by atoms with Gasteiger partial charge in [-0.1, -0.05) is 26.0 Å². The molecule has 0 aliphatic heterocycles. The highest BCUT2D eigenvalue weighted by Gasteiger charge is 2.32. The highest BCUT2D eigenvalue weighted by Crippen LogP contribution is 2.35. The third-order valence-corrected chi connectivity index (χ3v) is 4.19. The summed E-state index contributed by atoms with van der Waals surface area (Å²) in [6.07, 6.45) is 2.88. The van der Waals surface area contributed by atoms with Gasteiger partial charge in [0, 0.05) is 39.3 Å². The number of Topliss-reactive ketones (excluding diaryl/α,β-unsaturated/α-hetero) is 1. The van der Waals surface area contributed by atoms with Crippen molar-refractivity contribution in [3.05, 3.63) is 41.2 Å². The molecule has 6 nitrogen and oxygen atoms in total. The van der Waals surface area contributed by atoms with Gasteiger partial charge in [-0.3, -0.25) is 14.6 Å². The molecule has 0 bridgehead atoms. The standard InChI is InChI=1S/C20H26N2O4/c1-20(2)11-17(23)15(18(24)12-20)13-22-16-8-5-4-7-14(16)19(25)21-9-6-10-26-3/h4-5,7-8,13,23H,6,9-12H2,1-3H3,(H,21,25). The molecule has 2 N–H and O–H groups in total. The number of hydrogen-bond donors (Lipinski definition) is 2. The molecule has 1 aliphatic rings. The number of benzene rings is 1. The van der Waals surface area contributed by atoms with Gasteiger partial charge in [0.1, 0.15) is 5.76 Å². The highest BCUT2D eigenvalue weighted by molar-refractivity contribution is 6.15. The van der Waals surface area contributed by atoms with E-state index in [2.05, 4.69) is 10.3 Å². The predicted octanol–water partition coefficient (Wildman–Crippen LogP) is 3.36. The Morgan fingerprint density at radius 3 is 2.77 bits per heavy atom. The summed E-state index contributed by atoms with van der Waals surface area (Å²) >= 11 is 0. The number of nitrogens with one attached hydrogen (secondary N) is 1. The van der Waals surface area contributed by atoms with Gasteiger partial charge in [0.15, 0.2) is 5.78 Å². The average Bonchev–Trinajstić information content (AvgIpc) is 2.57. The molecule has 0 heterocycles. The number of carbonyl (C=O) groups is 2. The normalized spacial score (nSPS) is 17.0. The first-order valence-electron chi connectivity index (χ1n) is 8.69. The van der Waals surface area contributed by atoms with Crippen molar-refractivity contribution < 1.29 is 19.4 Å². The molecular formula is C20H26N2O4. The molecule has 0 radical (unpaired) electrons. The minimum absolute atomic E-state index is 0.0523. The molecule has 2 rings (SSSR count). The lowest BCUT2D eigenvalue weighted by Crippen LogP contribution is -2.26. The molecule has 26 heavy (non-hydrogen) atoms. The van der Waals surface area contributed by atoms with E-state index in [1.54, 1.807) is 31.4 Å². The van der Waals surface area contributed by atoms with Crippen molar-refractivity contribution in [2.24, 2.45) is 10.4 Å². The molecule has 1 amide bonds. The van der Waals surface area contributed by atoms with Crippen molar-refractivity contribution in [3.8, 4) is 0 Å². The van der Waals surface area contributed by atoms with E-state index in [0.29, 0.717) is 37.2 Å². The number of allylic oxidation sites excluding steroid dienone is 2. The van der Waals surface area contributed by atoms with Gasteiger partial charge in [0.2, 0.25) is 0 Å². The fraction of sp³-hybridized carbons (Fsp3) is 0.450. The van der Waals surface area contributed by atoms with Gasteiger partial charge < -0.3 is 15.2 Å². The second-order valence-electron chi connectivity index (χ2n) is 7.18. The Morgan fingerprint density at radius 1 is 1.35 bits per heavy atom. The van der Waals surface area contributed by atoms with E-state index in [4.69, 9.17) is 4.74 Å². The van der Waals surface area contributed by atoms with E-state index in [9.17, 15) is 14.7 Å². The number of aliphatic imine (C=N–C) groups is 1. The van der Waals surface area contributed by atoms with E-state index in [0.717, 1.165) is 6.42 Å². The molecule has 6 heteroatoms. The SMILES string of the molecule is COCCCNC(=O)c1ccccc1N=CC1=C(O)CC(C)(C)CC1=O. The van der Waals surface area contributed by atoms with Crippen LogP contribution in [0.2, 0.25) is 0 Å². The molecule has 0 aromatic heterocycles. The zero-order valence-electron chi connectivity index (χ0n) is 15.5. The Labute approximate surface area is 154 Å². The Bertz CT molecular complexity index is 735. The number of methoxy groups -OCH3 is 1. The van der Waals surface area contributed by atoms with Gasteiger partial charge in [-0.25, -0.2) is 0 Å². The highest BCUT2D eigenvalue weighted by atomic mass is 16.5. The van der Waals surface area contributed by atoms with Gasteiger partial charge in [-0.2, -0.15) is 0 Å². The van der Waals surface area contributed by atoms with Crippen molar-refractivity contribution in [1.82, 2.24) is 5.32 Å². The number of aliphatic hydroxyl groups excluding tert-OH is 1. The minimum Gasteiger partial charge on any atom is -0.511 e. The maximum absolute atomic E-state index is 12.3. The molecule has 0 fully saturated rings. The van der Waals surface area contributed by atoms with Crippen LogP contribution < -0.4 is 5.32 Å². The third-order valence-electron chi connectivity index (χ3n) is 4.19. The van der Waals surface area contributed by atoms with Crippen molar-refractivity contribution >= 4 is 23.6 Å². The van der Waals surface area contributed by atoms with Gasteiger partial charge in [-0.05, 0) is 24.0 Å². The Balaban J connectivity index is 2.16. The first-order valence-corrected chi connectivity index (χ1v) is 8.69. The van der Waals surface area contributed by atoms with Crippen molar-refractivity contribution in [2.45, 2.75) is 33.1 Å². The van der Waals surface area contributed by atoms with Crippen LogP contribution in [-0.4, -0.2) is 43.3 Å². The molecule has 0 saturated heterocycles. The van der Waals surface area contributed by atoms with Crippen LogP contribution in [-0.2, 0) is 9.53 Å². The van der Waals surface area contributed by atoms with Crippen molar-refractivity contribution in [1.29, 1.82) is 0 Å². The smallest absolute Gasteiger partial charge is 0.253 e. The number of rotatable bonds is 7. The molecular weight excluding hydrogens is 332 g/mol. The fourth-order valence-corrected chi connectivity index (χ4v) is 2.87. The molecule has 0 spiro atoms. The van der Waals surface area contributed by atoms with Gasteiger partial charge in [-0.15, -0.1) is 0 Å². The van der Waals surface area contributed by atoms with Crippen molar-refractivity contribution in [2.75, 3.05) is 20.3 Å². The number of ether oxygens (including phenoxy) is 1. The molecule has 1 aromatic rings. The number of amides is 1. The average molecular weight is 358 g/mol. The summed E-state index contributed by atoms with van der Waals surface area (Å²) in [5.41, 5.74) is 0.845. The van der Waals surface area contributed by atoms with Crippen LogP contribution in [0.25, 0.3) is 0 Å². The maximum atomic E-state index is 12.3. The van der Waals surface area contributed by atoms with E-state index in [1.807, 2.05) is 13.8 Å². The topological polar surface area (TPSA) is 88.0 Å². The van der Waals surface area contributed by atoms with E-state index >= 15 is 0 Å². The van der Waals surface area contributed by atoms with Crippen LogP contribution >= 0.6 is 0 Å². The Morgan fingerprint density at radius 2 is 2.08 bits per heavy atom. The van der Waals surface area contributed by atoms with E-state index in [1.165, 1.54) is 6.21 Å². The van der Waals surface area contributed by atoms with Crippen LogP contribution in [0.15, 0.2) is 40.6 Å². The summed E-state index contributed by atoms with van der Waals surface area (Å²) in [6, 6.07) is 6.91. The fourth-order valence-electron chi connectivity index (χ4n) is 2.87. The van der Waals surface area contributed by atoms with Crippen LogP contribution in [0.3, 0.4) is 0 Å². The molecule has 140 valence electrons. The van der Waals surface area contributed by atoms with Crippen molar-refractivity contribution in [3.63, 3.8) is 0 Å². The summed E-state index contributed by atoms with van der Waals surface area (Å²) in [5.74, 6) is -0.316. The monoisotopic (exact) mass is 358 g/mol. The molecule has 1 aliphatic carbocycles. The van der Waals surface area contributed by atoms with Gasteiger partial charge in [0.25, 0.3) is 5.91 Å². The molecule has 0 saturated carbocycles. The van der Waals surface area contributed by atoms with Gasteiger partial charge in [0.05, 0.1) is 16.8 Å². The zero-order chi connectivity index (χ0) is 19.2. The molecule has 0 unspecified atom stereocenters. The Hall–Kier alpha value is -2.47. The lowest BCUT2D eigenvalue weighted by molar-refractivity contribution is -0.117. The largest absolute Gasteiger partial charge is 0.511 e. The third kappa shape index (κ3) is 5.26. The van der Waals surface area contributed by atoms with Crippen LogP contribution in [0, 0.1) is 5.41 Å². The molecule has 1 aromatic carbocycles. The number of ketones is 1. The quantitative estimate of drug-likeness (QED) is 0.578. The predicted molar refractivity (Wildman–Crippen MR) is 101 cm³/mol. The lowest BCUT2D eigenvalue weighted by atomic mass is 9.77. The number of aliphatic hydroxyl groups is 1. The summed E-state index contributed by atoms with van der Waals surface area (Å²) in [5, 5.41) is 13.0. The summed E-state index contributed by atoms with van der Waals surface area (Å²) in [4.78, 5) is 28.9. The van der Waals surface area contributed by atoms with E-state index < -0.39 is 0 Å². The number of hydrogen-bond acceptors (Lipinski definition) is 5. The van der Waals surface area contributed by atoms with Crippen LogP contribution in [0.1, 0.15) is 43.5 Å². The number of nitrogens with zero attached hydrogens (tertiary/aromatic N) is 1. The number of carbonyl (C=O) groups excluding carboxylic acids is 2. The zero-order valence-corrected chi connectivity index (χ0v) is 15.5. The second kappa shape index (κ2) is 8.76. The summed E-state index contributed by atoms with van der Waals surface area (Å²) in [6.45, 7) is 4.97.